The molecule has 4 nitrogen and oxygen atoms in total. The van der Waals surface area contributed by atoms with Gasteiger partial charge < -0.3 is 9.47 Å². The molecule has 0 bridgehead atoms. The standard InChI is InChI=1S/C50H78O4/c1-5-7-9-11-13-15-17-19-21-41-23-27-43(28-24-41)45-31-35-47(36-32-45)49(51)53-39(3)40(4)54-50(52)48-37-33-46(34-38-48)44-29-25-42(26-30-44)22-20-18-16-14-12-10-8-6-2/h31-44H,5-30H2,1-4H3. The van der Waals surface area contributed by atoms with Crippen LogP contribution in [0.1, 0.15) is 238 Å². The Bertz CT molecular complexity index is 1180. The SMILES string of the molecule is CCCCCCCCCCC1CCC(c2ccc(C(=O)OC(C)C(C)OC(=O)c3ccc(C4CCC(CCCCCCCCCC)CC4)cc3)cc2)CC1. The zero-order chi connectivity index (χ0) is 38.4. The molecule has 2 fully saturated rings. The number of unbranched alkanes of at least 4 members (excludes halogenated alkanes) is 14. The van der Waals surface area contributed by atoms with E-state index in [2.05, 4.69) is 38.1 Å². The fraction of sp³-hybridized carbons (Fsp3) is 0.720. The van der Waals surface area contributed by atoms with Crippen molar-refractivity contribution in [3.05, 3.63) is 70.8 Å². The molecule has 2 aliphatic carbocycles. The van der Waals surface area contributed by atoms with Gasteiger partial charge >= 0.3 is 11.9 Å². The average Bonchev–Trinajstić information content (AvgIpc) is 3.20. The summed E-state index contributed by atoms with van der Waals surface area (Å²) in [6, 6.07) is 16.1. The van der Waals surface area contributed by atoms with Crippen molar-refractivity contribution in [2.24, 2.45) is 11.8 Å². The predicted octanol–water partition coefficient (Wildman–Crippen LogP) is 15.1. The second-order valence-electron chi connectivity index (χ2n) is 17.4. The van der Waals surface area contributed by atoms with Gasteiger partial charge in [0.25, 0.3) is 0 Å². The molecule has 302 valence electrons. The van der Waals surface area contributed by atoms with Crippen LogP contribution in [0.5, 0.6) is 0 Å². The topological polar surface area (TPSA) is 52.6 Å². The van der Waals surface area contributed by atoms with Gasteiger partial charge in [0.05, 0.1) is 11.1 Å². The molecule has 2 unspecified atom stereocenters. The van der Waals surface area contributed by atoms with Crippen LogP contribution in [0.15, 0.2) is 48.5 Å². The number of carbonyl (C=O) groups is 2. The molecule has 0 spiro atoms. The van der Waals surface area contributed by atoms with Crippen LogP contribution in [-0.4, -0.2) is 24.1 Å². The lowest BCUT2D eigenvalue weighted by Crippen LogP contribution is -2.30. The highest BCUT2D eigenvalue weighted by Gasteiger charge is 2.26. The van der Waals surface area contributed by atoms with Gasteiger partial charge in [-0.3, -0.25) is 0 Å². The second-order valence-corrected chi connectivity index (χ2v) is 17.4. The van der Waals surface area contributed by atoms with Crippen molar-refractivity contribution in [2.75, 3.05) is 0 Å². The summed E-state index contributed by atoms with van der Waals surface area (Å²) in [4.78, 5) is 26.0. The zero-order valence-electron chi connectivity index (χ0n) is 35.1. The summed E-state index contributed by atoms with van der Waals surface area (Å²) in [7, 11) is 0. The van der Waals surface area contributed by atoms with Gasteiger partial charge in [0, 0.05) is 0 Å². The minimum absolute atomic E-state index is 0.372. The third-order valence-corrected chi connectivity index (χ3v) is 13.1. The van der Waals surface area contributed by atoms with Crippen LogP contribution in [0.3, 0.4) is 0 Å². The molecular weight excluding hydrogens is 665 g/mol. The average molecular weight is 743 g/mol. The maximum Gasteiger partial charge on any atom is 0.338 e. The quantitative estimate of drug-likeness (QED) is 0.0751. The number of esters is 2. The van der Waals surface area contributed by atoms with Crippen molar-refractivity contribution in [1.29, 1.82) is 0 Å². The van der Waals surface area contributed by atoms with Crippen LogP contribution in [0, 0.1) is 11.8 Å². The molecular formula is C50H78O4. The molecule has 0 aliphatic heterocycles. The van der Waals surface area contributed by atoms with E-state index < -0.39 is 12.2 Å². The van der Waals surface area contributed by atoms with Crippen LogP contribution in [-0.2, 0) is 9.47 Å². The Hall–Kier alpha value is -2.62. The van der Waals surface area contributed by atoms with Gasteiger partial charge in [-0.05, 0) is 124 Å². The van der Waals surface area contributed by atoms with Crippen molar-refractivity contribution < 1.29 is 19.1 Å². The van der Waals surface area contributed by atoms with E-state index in [1.165, 1.54) is 178 Å². The van der Waals surface area contributed by atoms with E-state index in [-0.39, 0.29) is 11.9 Å². The lowest BCUT2D eigenvalue weighted by molar-refractivity contribution is -0.0239. The van der Waals surface area contributed by atoms with Crippen molar-refractivity contribution in [3.63, 3.8) is 0 Å². The number of rotatable bonds is 25. The Morgan fingerprint density at radius 2 is 0.759 bits per heavy atom. The van der Waals surface area contributed by atoms with E-state index in [4.69, 9.17) is 9.47 Å². The molecule has 0 aromatic heterocycles. The first kappa shape index (κ1) is 44.1. The molecule has 2 aromatic rings. The first-order chi connectivity index (χ1) is 26.4. The van der Waals surface area contributed by atoms with Crippen molar-refractivity contribution in [1.82, 2.24) is 0 Å². The molecule has 2 saturated carbocycles. The fourth-order valence-electron chi connectivity index (χ4n) is 9.15. The molecule has 0 heterocycles. The van der Waals surface area contributed by atoms with Crippen molar-refractivity contribution in [2.45, 2.75) is 219 Å². The van der Waals surface area contributed by atoms with E-state index in [0.717, 1.165) is 11.8 Å². The number of hydrogen-bond acceptors (Lipinski definition) is 4. The summed E-state index contributed by atoms with van der Waals surface area (Å²) in [5.41, 5.74) is 3.76. The third kappa shape index (κ3) is 15.9. The Balaban J connectivity index is 1.09. The summed E-state index contributed by atoms with van der Waals surface area (Å²) < 4.78 is 11.5. The molecule has 0 N–H and O–H groups in total. The van der Waals surface area contributed by atoms with Crippen LogP contribution in [0.25, 0.3) is 0 Å². The Kier molecular flexibility index (Phi) is 20.8. The van der Waals surface area contributed by atoms with Crippen LogP contribution < -0.4 is 0 Å². The molecule has 0 amide bonds. The summed E-state index contributed by atoms with van der Waals surface area (Å²) in [6.07, 6.45) is 34.3. The van der Waals surface area contributed by atoms with Crippen LogP contribution >= 0.6 is 0 Å². The first-order valence-corrected chi connectivity index (χ1v) is 23.0. The van der Waals surface area contributed by atoms with Gasteiger partial charge in [0.2, 0.25) is 0 Å². The molecule has 0 saturated heterocycles. The van der Waals surface area contributed by atoms with Gasteiger partial charge in [-0.25, -0.2) is 9.59 Å². The highest BCUT2D eigenvalue weighted by Crippen LogP contribution is 2.39. The summed E-state index contributed by atoms with van der Waals surface area (Å²) >= 11 is 0. The van der Waals surface area contributed by atoms with E-state index in [1.54, 1.807) is 13.8 Å². The highest BCUT2D eigenvalue weighted by atomic mass is 16.6. The summed E-state index contributed by atoms with van der Waals surface area (Å²) in [5, 5.41) is 0. The molecule has 4 rings (SSSR count). The van der Waals surface area contributed by atoms with E-state index in [9.17, 15) is 9.59 Å². The molecule has 2 aliphatic rings. The highest BCUT2D eigenvalue weighted by molar-refractivity contribution is 5.90. The molecule has 2 aromatic carbocycles. The first-order valence-electron chi connectivity index (χ1n) is 23.0. The number of ether oxygens (including phenoxy) is 2. The maximum atomic E-state index is 13.0. The Morgan fingerprint density at radius 3 is 1.07 bits per heavy atom. The minimum Gasteiger partial charge on any atom is -0.455 e. The van der Waals surface area contributed by atoms with Gasteiger partial charge in [0.1, 0.15) is 12.2 Å². The van der Waals surface area contributed by atoms with Gasteiger partial charge in [-0.15, -0.1) is 0 Å². The molecule has 2 atom stereocenters. The minimum atomic E-state index is -0.558. The Morgan fingerprint density at radius 1 is 0.463 bits per heavy atom. The number of hydrogen-bond donors (Lipinski definition) is 0. The zero-order valence-corrected chi connectivity index (χ0v) is 35.1. The van der Waals surface area contributed by atoms with Crippen molar-refractivity contribution in [3.8, 4) is 0 Å². The van der Waals surface area contributed by atoms with Gasteiger partial charge in [-0.2, -0.15) is 0 Å². The lowest BCUT2D eigenvalue weighted by Gasteiger charge is -2.29. The van der Waals surface area contributed by atoms with Crippen LogP contribution in [0.4, 0.5) is 0 Å². The van der Waals surface area contributed by atoms with Crippen LogP contribution in [0.2, 0.25) is 0 Å². The smallest absolute Gasteiger partial charge is 0.338 e. The molecule has 54 heavy (non-hydrogen) atoms. The fourth-order valence-corrected chi connectivity index (χ4v) is 9.15. The Labute approximate surface area is 331 Å². The maximum absolute atomic E-state index is 13.0. The predicted molar refractivity (Wildman–Crippen MR) is 226 cm³/mol. The third-order valence-electron chi connectivity index (χ3n) is 13.1. The molecule has 4 heteroatoms. The summed E-state index contributed by atoms with van der Waals surface area (Å²) in [6.45, 7) is 8.16. The number of benzene rings is 2. The number of carbonyl (C=O) groups excluding carboxylic acids is 2. The second kappa shape index (κ2) is 25.5. The summed E-state index contributed by atoms with van der Waals surface area (Å²) in [5.74, 6) is 2.20. The van der Waals surface area contributed by atoms with Gasteiger partial charge in [0.15, 0.2) is 0 Å². The van der Waals surface area contributed by atoms with Gasteiger partial charge in [-0.1, -0.05) is 154 Å². The van der Waals surface area contributed by atoms with E-state index >= 15 is 0 Å². The van der Waals surface area contributed by atoms with Crippen molar-refractivity contribution >= 4 is 11.9 Å². The monoisotopic (exact) mass is 743 g/mol. The normalized spacial score (nSPS) is 21.3. The lowest BCUT2D eigenvalue weighted by atomic mass is 9.77. The van der Waals surface area contributed by atoms with E-state index in [0.29, 0.717) is 23.0 Å². The largest absolute Gasteiger partial charge is 0.455 e. The van der Waals surface area contributed by atoms with E-state index in [1.807, 2.05) is 24.3 Å². The molecule has 0 radical (unpaired) electrons.